The van der Waals surface area contributed by atoms with Gasteiger partial charge in [0.15, 0.2) is 0 Å². The Balaban J connectivity index is 1.57. The summed E-state index contributed by atoms with van der Waals surface area (Å²) in [6.07, 6.45) is 0.801. The maximum Gasteiger partial charge on any atom is 0.124 e. The van der Waals surface area contributed by atoms with Crippen LogP contribution in [-0.4, -0.2) is 6.54 Å². The predicted molar refractivity (Wildman–Crippen MR) is 119 cm³/mol. The Morgan fingerprint density at radius 1 is 0.750 bits per heavy atom. The van der Waals surface area contributed by atoms with Crippen molar-refractivity contribution in [3.63, 3.8) is 0 Å². The molecule has 0 unspecified atom stereocenters. The number of ether oxygens (including phenoxy) is 1. The number of halogens is 4. The van der Waals surface area contributed by atoms with Gasteiger partial charge in [0.05, 0.1) is 0 Å². The van der Waals surface area contributed by atoms with Gasteiger partial charge in [-0.15, -0.1) is 0 Å². The lowest BCUT2D eigenvalue weighted by molar-refractivity contribution is 0.302. The summed E-state index contributed by atoms with van der Waals surface area (Å²) in [7, 11) is 0. The van der Waals surface area contributed by atoms with Crippen LogP contribution in [0.1, 0.15) is 16.7 Å². The van der Waals surface area contributed by atoms with Crippen molar-refractivity contribution in [2.24, 2.45) is 0 Å². The number of hydrogen-bond donors (Lipinski definition) is 1. The Labute approximate surface area is 185 Å². The summed E-state index contributed by atoms with van der Waals surface area (Å²) in [5, 5.41) is 6.11. The minimum atomic E-state index is 0.440. The Kier molecular flexibility index (Phi) is 7.90. The molecule has 1 N–H and O–H groups in total. The number of benzene rings is 3. The van der Waals surface area contributed by atoms with Crippen molar-refractivity contribution in [2.75, 3.05) is 6.54 Å². The molecule has 146 valence electrons. The molecule has 0 radical (unpaired) electrons. The highest BCUT2D eigenvalue weighted by Gasteiger charge is 2.07. The zero-order valence-electron chi connectivity index (χ0n) is 15.0. The quantitative estimate of drug-likeness (QED) is 0.363. The van der Waals surface area contributed by atoms with Crippen molar-refractivity contribution in [1.29, 1.82) is 0 Å². The van der Waals surface area contributed by atoms with Crippen LogP contribution in [0.3, 0.4) is 0 Å². The molecule has 0 aliphatic carbocycles. The van der Waals surface area contributed by atoms with E-state index in [1.54, 1.807) is 6.07 Å². The maximum absolute atomic E-state index is 6.22. The van der Waals surface area contributed by atoms with Gasteiger partial charge >= 0.3 is 0 Å². The Morgan fingerprint density at radius 3 is 2.29 bits per heavy atom. The Hall–Kier alpha value is -1.42. The molecule has 0 heterocycles. The van der Waals surface area contributed by atoms with E-state index in [1.165, 1.54) is 0 Å². The van der Waals surface area contributed by atoms with Gasteiger partial charge in [0.25, 0.3) is 0 Å². The van der Waals surface area contributed by atoms with E-state index < -0.39 is 0 Å². The molecule has 0 aliphatic heterocycles. The molecule has 0 atom stereocenters. The molecule has 0 fully saturated rings. The van der Waals surface area contributed by atoms with Crippen LogP contribution in [0.25, 0.3) is 0 Å². The van der Waals surface area contributed by atoms with Gasteiger partial charge in [-0.3, -0.25) is 0 Å². The molecule has 2 nitrogen and oxygen atoms in total. The first-order chi connectivity index (χ1) is 13.5. The zero-order valence-corrected chi connectivity index (χ0v) is 18.0. The van der Waals surface area contributed by atoms with Gasteiger partial charge in [0.2, 0.25) is 0 Å². The van der Waals surface area contributed by atoms with Crippen molar-refractivity contribution in [1.82, 2.24) is 5.32 Å². The summed E-state index contributed by atoms with van der Waals surface area (Å²) in [4.78, 5) is 0. The summed E-state index contributed by atoms with van der Waals surface area (Å²) in [6.45, 7) is 1.84. The smallest absolute Gasteiger partial charge is 0.124 e. The van der Waals surface area contributed by atoms with E-state index in [-0.39, 0.29) is 0 Å². The van der Waals surface area contributed by atoms with Gasteiger partial charge in [-0.05, 0) is 66.6 Å². The number of hydrogen-bond acceptors (Lipinski definition) is 2. The van der Waals surface area contributed by atoms with Gasteiger partial charge in [0, 0.05) is 32.2 Å². The van der Waals surface area contributed by atoms with Crippen molar-refractivity contribution >= 4 is 46.4 Å². The third kappa shape index (κ3) is 6.30. The predicted octanol–water partition coefficient (Wildman–Crippen LogP) is 7.21. The van der Waals surface area contributed by atoms with Crippen LogP contribution in [0.15, 0.2) is 60.7 Å². The average Bonchev–Trinajstić information content (AvgIpc) is 2.66. The second-order valence-corrected chi connectivity index (χ2v) is 8.05. The van der Waals surface area contributed by atoms with Crippen molar-refractivity contribution < 1.29 is 4.74 Å². The van der Waals surface area contributed by atoms with E-state index in [1.807, 2.05) is 54.6 Å². The van der Waals surface area contributed by atoms with E-state index in [4.69, 9.17) is 51.1 Å². The van der Waals surface area contributed by atoms with E-state index >= 15 is 0 Å². The molecule has 0 saturated carbocycles. The molecular weight excluding hydrogens is 436 g/mol. The van der Waals surface area contributed by atoms with Gasteiger partial charge in [-0.25, -0.2) is 0 Å². The van der Waals surface area contributed by atoms with Crippen LogP contribution in [0.4, 0.5) is 0 Å². The van der Waals surface area contributed by atoms with Gasteiger partial charge in [-0.1, -0.05) is 64.6 Å². The highest BCUT2D eigenvalue weighted by Crippen LogP contribution is 2.25. The monoisotopic (exact) mass is 453 g/mol. The Bertz CT molecular complexity index is 946. The summed E-state index contributed by atoms with van der Waals surface area (Å²) < 4.78 is 5.99. The summed E-state index contributed by atoms with van der Waals surface area (Å²) in [5.41, 5.74) is 3.07. The Morgan fingerprint density at radius 2 is 1.50 bits per heavy atom. The molecular formula is C22H19Cl4NO. The average molecular weight is 455 g/mol. The van der Waals surface area contributed by atoms with Crippen molar-refractivity contribution in [3.8, 4) is 5.75 Å². The highest BCUT2D eigenvalue weighted by atomic mass is 35.5. The normalized spacial score (nSPS) is 10.9. The SMILES string of the molecule is Clc1cccc(COc2ccc(Cl)cc2CNCCc2ccc(Cl)cc2Cl)c1. The van der Waals surface area contributed by atoms with Crippen LogP contribution >= 0.6 is 46.4 Å². The molecule has 0 spiro atoms. The first-order valence-electron chi connectivity index (χ1n) is 8.81. The fraction of sp³-hybridized carbons (Fsp3) is 0.182. The van der Waals surface area contributed by atoms with Crippen molar-refractivity contribution in [2.45, 2.75) is 19.6 Å². The van der Waals surface area contributed by atoms with E-state index in [2.05, 4.69) is 5.32 Å². The molecule has 3 aromatic rings. The first kappa shape index (κ1) is 21.3. The second-order valence-electron chi connectivity index (χ2n) is 6.33. The zero-order chi connectivity index (χ0) is 19.9. The molecule has 0 bridgehead atoms. The molecule has 0 amide bonds. The minimum Gasteiger partial charge on any atom is -0.489 e. The molecule has 0 aromatic heterocycles. The third-order valence-corrected chi connectivity index (χ3v) is 5.26. The van der Waals surface area contributed by atoms with Gasteiger partial charge in [0.1, 0.15) is 12.4 Å². The van der Waals surface area contributed by atoms with Crippen LogP contribution < -0.4 is 10.1 Å². The minimum absolute atomic E-state index is 0.440. The fourth-order valence-electron chi connectivity index (χ4n) is 2.79. The van der Waals surface area contributed by atoms with Crippen LogP contribution in [0.5, 0.6) is 5.75 Å². The lowest BCUT2D eigenvalue weighted by Crippen LogP contribution is -2.17. The van der Waals surface area contributed by atoms with Gasteiger partial charge < -0.3 is 10.1 Å². The lowest BCUT2D eigenvalue weighted by atomic mass is 10.1. The molecule has 28 heavy (non-hydrogen) atoms. The van der Waals surface area contributed by atoms with Gasteiger partial charge in [-0.2, -0.15) is 0 Å². The van der Waals surface area contributed by atoms with E-state index in [9.17, 15) is 0 Å². The largest absolute Gasteiger partial charge is 0.489 e. The molecule has 0 saturated heterocycles. The molecule has 3 aromatic carbocycles. The standard InChI is InChI=1S/C22H19Cl4NO/c23-18-3-1-2-15(10-18)14-28-22-7-6-19(24)11-17(22)13-27-9-8-16-4-5-20(25)12-21(16)26/h1-7,10-12,27H,8-9,13-14H2. The van der Waals surface area contributed by atoms with Crippen molar-refractivity contribution in [3.05, 3.63) is 97.4 Å². The first-order valence-corrected chi connectivity index (χ1v) is 10.3. The summed E-state index contributed by atoms with van der Waals surface area (Å²) in [6, 6.07) is 18.8. The van der Waals surface area contributed by atoms with E-state index in [0.717, 1.165) is 35.4 Å². The fourth-order valence-corrected chi connectivity index (χ4v) is 3.70. The molecule has 0 aliphatic rings. The van der Waals surface area contributed by atoms with Crippen LogP contribution in [0, 0.1) is 0 Å². The molecule has 3 rings (SSSR count). The summed E-state index contributed by atoms with van der Waals surface area (Å²) >= 11 is 24.4. The molecule has 6 heteroatoms. The van der Waals surface area contributed by atoms with Crippen LogP contribution in [-0.2, 0) is 19.6 Å². The lowest BCUT2D eigenvalue weighted by Gasteiger charge is -2.13. The maximum atomic E-state index is 6.22. The van der Waals surface area contributed by atoms with E-state index in [0.29, 0.717) is 33.2 Å². The second kappa shape index (κ2) is 10.4. The topological polar surface area (TPSA) is 21.3 Å². The van der Waals surface area contributed by atoms with Crippen LogP contribution in [0.2, 0.25) is 20.1 Å². The number of rotatable bonds is 8. The third-order valence-electron chi connectivity index (χ3n) is 4.21. The summed E-state index contributed by atoms with van der Waals surface area (Å²) in [5.74, 6) is 0.793. The highest BCUT2D eigenvalue weighted by molar-refractivity contribution is 6.35. The number of nitrogens with one attached hydrogen (secondary N) is 1.